The number of hydrogen-bond donors (Lipinski definition) is 1. The van der Waals surface area contributed by atoms with Crippen molar-refractivity contribution in [3.05, 3.63) is 29.7 Å². The van der Waals surface area contributed by atoms with Gasteiger partial charge in [0.25, 0.3) is 0 Å². The van der Waals surface area contributed by atoms with Gasteiger partial charge in [-0.3, -0.25) is 14.6 Å². The number of amides is 3. The van der Waals surface area contributed by atoms with E-state index in [9.17, 15) is 18.5 Å². The zero-order chi connectivity index (χ0) is 22.0. The molecule has 1 saturated carbocycles. The minimum absolute atomic E-state index is 0.113. The lowest BCUT2D eigenvalue weighted by atomic mass is 10.1. The number of aromatic nitrogens is 2. The molecule has 3 amide bonds. The first-order valence-corrected chi connectivity index (χ1v) is 11.0. The number of imide groups is 1. The molecule has 2 atom stereocenters. The molecule has 1 aliphatic heterocycles. The third kappa shape index (κ3) is 3.57. The Morgan fingerprint density at radius 2 is 1.97 bits per heavy atom. The van der Waals surface area contributed by atoms with Gasteiger partial charge in [0.15, 0.2) is 5.65 Å². The van der Waals surface area contributed by atoms with Crippen LogP contribution in [0.4, 0.5) is 14.9 Å². The van der Waals surface area contributed by atoms with Crippen LogP contribution in [-0.2, 0) is 21.8 Å². The Labute approximate surface area is 177 Å². The molecule has 2 aliphatic rings. The topological polar surface area (TPSA) is 93.0 Å². The average molecular weight is 436 g/mol. The lowest BCUT2D eigenvalue weighted by Gasteiger charge is -2.25. The largest absolute Gasteiger partial charge is 0.598 e. The minimum atomic E-state index is -1.41. The molecule has 1 saturated heterocycles. The summed E-state index contributed by atoms with van der Waals surface area (Å²) in [6.07, 6.45) is 4.28. The Hall–Kier alpha value is -2.17. The molecule has 3 heterocycles. The van der Waals surface area contributed by atoms with Gasteiger partial charge in [-0.05, 0) is 46.6 Å². The van der Waals surface area contributed by atoms with E-state index in [1.165, 1.54) is 11.9 Å². The maximum atomic E-state index is 14.9. The van der Waals surface area contributed by atoms with Crippen LogP contribution in [0, 0.1) is 0 Å². The predicted molar refractivity (Wildman–Crippen MR) is 112 cm³/mol. The fraction of sp³-hybridized carbons (Fsp3) is 0.550. The van der Waals surface area contributed by atoms with E-state index in [4.69, 9.17) is 0 Å². The molecule has 10 heteroatoms. The van der Waals surface area contributed by atoms with E-state index < -0.39 is 27.8 Å². The van der Waals surface area contributed by atoms with Gasteiger partial charge in [-0.15, -0.1) is 4.72 Å². The maximum absolute atomic E-state index is 14.9. The van der Waals surface area contributed by atoms with Crippen LogP contribution in [0.15, 0.2) is 18.5 Å². The number of urea groups is 1. The van der Waals surface area contributed by atoms with Crippen LogP contribution in [0.3, 0.4) is 0 Å². The van der Waals surface area contributed by atoms with E-state index in [1.54, 1.807) is 22.9 Å². The number of hydrogen-bond acceptors (Lipinski definition) is 5. The number of fused-ring (bicyclic) bond motifs is 1. The van der Waals surface area contributed by atoms with E-state index >= 15 is 0 Å². The van der Waals surface area contributed by atoms with Crippen LogP contribution in [0.5, 0.6) is 0 Å². The van der Waals surface area contributed by atoms with Gasteiger partial charge in [0, 0.05) is 36.4 Å². The van der Waals surface area contributed by atoms with Crippen molar-refractivity contribution in [1.29, 1.82) is 0 Å². The summed E-state index contributed by atoms with van der Waals surface area (Å²) in [5, 5.41) is 0. The molecule has 4 rings (SSSR count). The Kier molecular flexibility index (Phi) is 4.87. The number of carbonyl (C=O) groups is 2. The summed E-state index contributed by atoms with van der Waals surface area (Å²) in [6.45, 7) is 7.36. The van der Waals surface area contributed by atoms with Gasteiger partial charge in [0.05, 0.1) is 17.4 Å². The summed E-state index contributed by atoms with van der Waals surface area (Å²) in [5.74, 6) is -0.327. The van der Waals surface area contributed by atoms with Gasteiger partial charge in [-0.25, -0.2) is 14.2 Å². The van der Waals surface area contributed by atoms with Crippen molar-refractivity contribution in [2.24, 2.45) is 0 Å². The van der Waals surface area contributed by atoms with Crippen LogP contribution < -0.4 is 9.62 Å². The van der Waals surface area contributed by atoms with Gasteiger partial charge in [0.2, 0.25) is 5.91 Å². The zero-order valence-electron chi connectivity index (χ0n) is 17.7. The molecule has 0 spiro atoms. The van der Waals surface area contributed by atoms with Crippen molar-refractivity contribution in [2.75, 3.05) is 18.5 Å². The van der Waals surface area contributed by atoms with Crippen molar-refractivity contribution in [1.82, 2.24) is 19.0 Å². The number of anilines is 1. The van der Waals surface area contributed by atoms with Crippen molar-refractivity contribution in [2.45, 2.75) is 57.0 Å². The van der Waals surface area contributed by atoms with E-state index in [0.29, 0.717) is 35.4 Å². The first-order valence-electron chi connectivity index (χ1n) is 9.89. The number of rotatable bonds is 5. The molecule has 0 radical (unpaired) electrons. The normalized spacial score (nSPS) is 20.9. The zero-order valence-corrected chi connectivity index (χ0v) is 18.5. The number of alkyl halides is 1. The summed E-state index contributed by atoms with van der Waals surface area (Å²) in [7, 11) is 1.42. The van der Waals surface area contributed by atoms with Crippen LogP contribution >= 0.6 is 0 Å². The quantitative estimate of drug-likeness (QED) is 0.576. The first kappa shape index (κ1) is 21.1. The lowest BCUT2D eigenvalue weighted by Crippen LogP contribution is -2.40. The second-order valence-electron chi connectivity index (χ2n) is 9.02. The van der Waals surface area contributed by atoms with Crippen molar-refractivity contribution >= 4 is 34.6 Å². The molecule has 8 nitrogen and oxygen atoms in total. The van der Waals surface area contributed by atoms with Gasteiger partial charge in [-0.2, -0.15) is 0 Å². The first-order chi connectivity index (χ1) is 13.9. The lowest BCUT2D eigenvalue weighted by molar-refractivity contribution is -0.123. The third-order valence-corrected chi connectivity index (χ3v) is 7.20. The van der Waals surface area contributed by atoms with E-state index in [1.807, 2.05) is 27.7 Å². The molecule has 2 fully saturated rings. The number of nitrogens with zero attached hydrogens (tertiary/aromatic N) is 4. The Morgan fingerprint density at radius 1 is 1.30 bits per heavy atom. The predicted octanol–water partition coefficient (Wildman–Crippen LogP) is 2.80. The summed E-state index contributed by atoms with van der Waals surface area (Å²) in [4.78, 5) is 31.6. The number of likely N-dealkylation sites (N-methyl/N-ethyl adjacent to an activating group) is 1. The molecule has 2 aromatic heterocycles. The molecule has 1 aliphatic carbocycles. The number of imidazole rings is 1. The highest BCUT2D eigenvalue weighted by molar-refractivity contribution is 7.90. The number of carbonyl (C=O) groups excluding carboxylic acids is 2. The highest BCUT2D eigenvalue weighted by atomic mass is 32.2. The second kappa shape index (κ2) is 6.93. The van der Waals surface area contributed by atoms with Crippen molar-refractivity contribution in [3.8, 4) is 0 Å². The van der Waals surface area contributed by atoms with Crippen molar-refractivity contribution < 1.29 is 18.5 Å². The SMILES string of the molecule is C[C@@H](N[S@+]([O-])C(C)(C)C)c1cn2cc(C3(F)CC3)cc(N3CC(=O)N(C)C3=O)c2n1. The molecule has 0 bridgehead atoms. The number of nitrogens with one attached hydrogen (secondary N) is 1. The van der Waals surface area contributed by atoms with Crippen molar-refractivity contribution in [3.63, 3.8) is 0 Å². The Bertz CT molecular complexity index is 1030. The molecular formula is C20H26FN5O3S. The summed E-state index contributed by atoms with van der Waals surface area (Å²) in [6, 6.07) is 0.821. The van der Waals surface area contributed by atoms with Crippen LogP contribution in [-0.4, -0.2) is 49.1 Å². The Morgan fingerprint density at radius 3 is 2.50 bits per heavy atom. The standard InChI is InChI=1S/C20H26FN5O3S/c1-12(23-30(29)19(2,3)4)14-10-25-9-13(20(21)6-7-20)8-15(17(25)22-14)26-11-16(27)24(5)18(26)28/h8-10,12,23H,6-7,11H2,1-5H3/t12-,30-/m1/s1. The highest BCUT2D eigenvalue weighted by Crippen LogP contribution is 2.50. The monoisotopic (exact) mass is 435 g/mol. The third-order valence-electron chi connectivity index (χ3n) is 5.52. The maximum Gasteiger partial charge on any atom is 0.331 e. The van der Waals surface area contributed by atoms with E-state index in [2.05, 4.69) is 9.71 Å². The Balaban J connectivity index is 1.77. The highest BCUT2D eigenvalue weighted by Gasteiger charge is 2.46. The molecule has 0 unspecified atom stereocenters. The minimum Gasteiger partial charge on any atom is -0.598 e. The fourth-order valence-corrected chi connectivity index (χ4v) is 4.13. The molecule has 0 aromatic carbocycles. The van der Waals surface area contributed by atoms with Gasteiger partial charge in [-0.1, -0.05) is 0 Å². The fourth-order valence-electron chi connectivity index (χ4n) is 3.33. The molecule has 2 aromatic rings. The van der Waals surface area contributed by atoms with Crippen LogP contribution in [0.2, 0.25) is 0 Å². The van der Waals surface area contributed by atoms with E-state index in [0.717, 1.165) is 4.90 Å². The van der Waals surface area contributed by atoms with Crippen LogP contribution in [0.25, 0.3) is 5.65 Å². The van der Waals surface area contributed by atoms with Gasteiger partial charge in [0.1, 0.15) is 17.0 Å². The van der Waals surface area contributed by atoms with Gasteiger partial charge >= 0.3 is 6.03 Å². The van der Waals surface area contributed by atoms with Crippen LogP contribution in [0.1, 0.15) is 57.8 Å². The second-order valence-corrected chi connectivity index (χ2v) is 11.0. The summed E-state index contributed by atoms with van der Waals surface area (Å²) in [5.41, 5.74) is 0.506. The van der Waals surface area contributed by atoms with Gasteiger partial charge < -0.3 is 8.95 Å². The average Bonchev–Trinajstić information content (AvgIpc) is 3.18. The van der Waals surface area contributed by atoms with E-state index in [-0.39, 0.29) is 18.5 Å². The number of halogens is 1. The smallest absolute Gasteiger partial charge is 0.331 e. The molecule has 30 heavy (non-hydrogen) atoms. The number of pyridine rings is 1. The summed E-state index contributed by atoms with van der Waals surface area (Å²) < 4.78 is 31.6. The molecular weight excluding hydrogens is 409 g/mol. The molecule has 162 valence electrons. The summed E-state index contributed by atoms with van der Waals surface area (Å²) >= 11 is -1.30. The molecule has 1 N–H and O–H groups in total.